The molecule has 1 fully saturated rings. The number of benzene rings is 3. The maximum Gasteiger partial charge on any atom is 0.351 e. The Labute approximate surface area is 380 Å². The Morgan fingerprint density at radius 2 is 1.49 bits per heavy atom. The van der Waals surface area contributed by atoms with Gasteiger partial charge in [-0.2, -0.15) is 10.2 Å². The van der Waals surface area contributed by atoms with Crippen molar-refractivity contribution in [2.24, 2.45) is 0 Å². The van der Waals surface area contributed by atoms with E-state index in [2.05, 4.69) is 21.0 Å². The van der Waals surface area contributed by atoms with Gasteiger partial charge in [-0.3, -0.25) is 19.0 Å². The molecule has 1 saturated heterocycles. The first-order valence-corrected chi connectivity index (χ1v) is 22.3. The van der Waals surface area contributed by atoms with E-state index in [1.54, 1.807) is 14.2 Å². The molecule has 0 bridgehead atoms. The predicted molar refractivity (Wildman–Crippen MR) is 241 cm³/mol. The van der Waals surface area contributed by atoms with Crippen molar-refractivity contribution in [3.05, 3.63) is 118 Å². The number of rotatable bonds is 22. The van der Waals surface area contributed by atoms with Gasteiger partial charge < -0.3 is 42.8 Å². The largest absolute Gasteiger partial charge is 0.497 e. The van der Waals surface area contributed by atoms with E-state index in [-0.39, 0.29) is 49.5 Å². The molecule has 0 aliphatic carbocycles. The number of carbonyl (C=O) groups is 3. The topological polar surface area (TPSA) is 199 Å². The highest BCUT2D eigenvalue weighted by Gasteiger charge is 2.45. The monoisotopic (exact) mass is 915 g/mol. The van der Waals surface area contributed by atoms with E-state index >= 15 is 0 Å². The van der Waals surface area contributed by atoms with Gasteiger partial charge in [-0.25, -0.2) is 9.46 Å². The van der Waals surface area contributed by atoms with E-state index in [4.69, 9.17) is 37.5 Å². The van der Waals surface area contributed by atoms with Crippen molar-refractivity contribution in [3.8, 4) is 17.6 Å². The molecule has 4 aromatic rings. The minimum absolute atomic E-state index is 0.0296. The van der Waals surface area contributed by atoms with Crippen LogP contribution in [0.1, 0.15) is 95.9 Å². The Bertz CT molecular complexity index is 2250. The van der Waals surface area contributed by atoms with Gasteiger partial charge in [-0.1, -0.05) is 54.6 Å². The fourth-order valence-electron chi connectivity index (χ4n) is 7.60. The first kappa shape index (κ1) is 50.3. The Morgan fingerprint density at radius 3 is 2.00 bits per heavy atom. The number of ether oxygens (including phenoxy) is 6. The lowest BCUT2D eigenvalue weighted by molar-refractivity contribution is -0.156. The zero-order valence-corrected chi connectivity index (χ0v) is 39.1. The highest BCUT2D eigenvalue weighted by atomic mass is 31.2. The molecule has 2 heterocycles. The van der Waals surface area contributed by atoms with Gasteiger partial charge in [0.1, 0.15) is 41.9 Å². The second kappa shape index (κ2) is 23.5. The normalized spacial score (nSPS) is 17.1. The molecule has 18 heteroatoms. The van der Waals surface area contributed by atoms with Crippen LogP contribution in [0, 0.1) is 11.3 Å². The Balaban J connectivity index is 1.67. The van der Waals surface area contributed by atoms with Crippen LogP contribution in [-0.4, -0.2) is 90.4 Å². The molecule has 1 N–H and O–H groups in total. The van der Waals surface area contributed by atoms with E-state index in [9.17, 15) is 24.4 Å². The molecule has 1 aromatic heterocycles. The fourth-order valence-corrected chi connectivity index (χ4v) is 9.36. The van der Waals surface area contributed by atoms with Crippen molar-refractivity contribution in [2.45, 2.75) is 104 Å². The summed E-state index contributed by atoms with van der Waals surface area (Å²) in [5, 5.41) is 12.0. The van der Waals surface area contributed by atoms with Crippen LogP contribution in [-0.2, 0) is 48.0 Å². The maximum absolute atomic E-state index is 14.0. The number of nitrogens with one attached hydrogen (secondary N) is 1. The van der Waals surface area contributed by atoms with E-state index < -0.39 is 68.8 Å². The highest BCUT2D eigenvalue weighted by Crippen LogP contribution is 2.51. The molecule has 1 aliphatic rings. The summed E-state index contributed by atoms with van der Waals surface area (Å²) < 4.78 is 52.6. The molecule has 348 valence electrons. The molecule has 65 heavy (non-hydrogen) atoms. The van der Waals surface area contributed by atoms with Crippen LogP contribution in [0.5, 0.6) is 11.5 Å². The third-order valence-electron chi connectivity index (χ3n) is 10.4. The van der Waals surface area contributed by atoms with E-state index in [1.165, 1.54) is 31.5 Å². The Hall–Kier alpha value is -5.73. The number of anilines is 1. The van der Waals surface area contributed by atoms with Crippen LogP contribution in [0.15, 0.2) is 89.9 Å². The van der Waals surface area contributed by atoms with Gasteiger partial charge >= 0.3 is 17.6 Å². The lowest BCUT2D eigenvalue weighted by atomic mass is 9.80. The van der Waals surface area contributed by atoms with Crippen molar-refractivity contribution in [3.63, 3.8) is 0 Å². The summed E-state index contributed by atoms with van der Waals surface area (Å²) in [5.74, 6) is -0.791. The Kier molecular flexibility index (Phi) is 18.1. The summed E-state index contributed by atoms with van der Waals surface area (Å²) in [4.78, 5) is 54.8. The summed E-state index contributed by atoms with van der Waals surface area (Å²) >= 11 is 0. The number of nitrogens with zero attached hydrogens (tertiary/aromatic N) is 4. The van der Waals surface area contributed by atoms with Crippen molar-refractivity contribution in [1.29, 1.82) is 5.26 Å². The molecule has 0 spiro atoms. The molecule has 5 rings (SSSR count). The molecule has 0 saturated carbocycles. The number of amides is 1. The van der Waals surface area contributed by atoms with Crippen LogP contribution >= 0.6 is 8.53 Å². The van der Waals surface area contributed by atoms with Crippen molar-refractivity contribution in [1.82, 2.24) is 14.2 Å². The SMILES string of the molecule is COc1ccc(C(OC[C@H]2O[C@@H](n3cc(C(COC(C)=O)OC(C)=O)c(NC(C)=O)nc3=O)C[C@@H]2OP(OCCC#N)N(C(C)C)C(C)C)(c2ccccc2)c2ccc(OC)cc2)cc1. The molecular weight excluding hydrogens is 858 g/mol. The molecule has 1 aliphatic heterocycles. The summed E-state index contributed by atoms with van der Waals surface area (Å²) in [6.07, 6.45) is -2.41. The quantitative estimate of drug-likeness (QED) is 0.0355. The first-order chi connectivity index (χ1) is 31.1. The lowest BCUT2D eigenvalue weighted by Gasteiger charge is -2.39. The number of nitriles is 1. The third-order valence-corrected chi connectivity index (χ3v) is 12.5. The molecule has 5 atom stereocenters. The number of hydrogen-bond donors (Lipinski definition) is 1. The van der Waals surface area contributed by atoms with Gasteiger partial charge in [0.15, 0.2) is 6.10 Å². The third kappa shape index (κ3) is 12.8. The Morgan fingerprint density at radius 1 is 0.908 bits per heavy atom. The predicted octanol–water partition coefficient (Wildman–Crippen LogP) is 7.34. The maximum atomic E-state index is 14.0. The van der Waals surface area contributed by atoms with Gasteiger partial charge in [0.2, 0.25) is 5.91 Å². The van der Waals surface area contributed by atoms with E-state index in [1.807, 2.05) is 107 Å². The zero-order valence-electron chi connectivity index (χ0n) is 38.2. The summed E-state index contributed by atoms with van der Waals surface area (Å²) in [5.41, 5.74) is 0.381. The number of methoxy groups -OCH3 is 2. The van der Waals surface area contributed by atoms with Crippen LogP contribution < -0.4 is 20.5 Å². The van der Waals surface area contributed by atoms with Crippen LogP contribution in [0.25, 0.3) is 0 Å². The number of esters is 2. The van der Waals surface area contributed by atoms with Gasteiger partial charge in [-0.05, 0) is 68.7 Å². The van der Waals surface area contributed by atoms with Crippen molar-refractivity contribution in [2.75, 3.05) is 39.4 Å². The van der Waals surface area contributed by atoms with Crippen LogP contribution in [0.4, 0.5) is 5.82 Å². The number of hydrogen-bond acceptors (Lipinski definition) is 15. The summed E-state index contributed by atoms with van der Waals surface area (Å²) in [7, 11) is 1.37. The van der Waals surface area contributed by atoms with E-state index in [0.717, 1.165) is 16.7 Å². The standard InChI is InChI=1S/C47H58N5O12P/c1-30(2)52(31(3)4)65(61-25-13-24-48)64-41-26-44(51-27-40(45(49-32(5)53)50-46(51)56)42(62-34(7)55)28-59-33(6)54)63-43(41)29-60-47(35-14-11-10-12-15-35,36-16-20-38(57-8)21-17-36)37-18-22-39(58-9)23-19-37/h10-12,14-23,27,30-31,41-44H,13,25-26,28-29H2,1-9H3,(H,49,50,53,56)/t41-,42?,43+,44+,65?/m0/s1. The second-order valence-corrected chi connectivity index (χ2v) is 17.1. The minimum Gasteiger partial charge on any atom is -0.497 e. The lowest BCUT2D eigenvalue weighted by Crippen LogP contribution is -2.39. The molecule has 0 radical (unpaired) electrons. The summed E-state index contributed by atoms with van der Waals surface area (Å²) in [6.45, 7) is 11.3. The molecular formula is C47H58N5O12P. The molecule has 17 nitrogen and oxygen atoms in total. The van der Waals surface area contributed by atoms with Crippen LogP contribution in [0.3, 0.4) is 0 Å². The molecule has 1 amide bonds. The smallest absolute Gasteiger partial charge is 0.351 e. The van der Waals surface area contributed by atoms with Crippen molar-refractivity contribution >= 4 is 32.2 Å². The highest BCUT2D eigenvalue weighted by molar-refractivity contribution is 7.44. The fraction of sp³-hybridized carbons (Fsp3) is 0.447. The van der Waals surface area contributed by atoms with Gasteiger partial charge in [-0.15, -0.1) is 0 Å². The van der Waals surface area contributed by atoms with Crippen molar-refractivity contribution < 1.29 is 51.9 Å². The van der Waals surface area contributed by atoms with Gasteiger partial charge in [0, 0.05) is 45.5 Å². The van der Waals surface area contributed by atoms with Gasteiger partial charge in [0.25, 0.3) is 8.53 Å². The summed E-state index contributed by atoms with van der Waals surface area (Å²) in [6, 6.07) is 27.0. The van der Waals surface area contributed by atoms with Crippen LogP contribution in [0.2, 0.25) is 0 Å². The van der Waals surface area contributed by atoms with E-state index in [0.29, 0.717) is 11.5 Å². The zero-order chi connectivity index (χ0) is 47.3. The minimum atomic E-state index is -1.82. The van der Waals surface area contributed by atoms with Gasteiger partial charge in [0.05, 0.1) is 51.6 Å². The molecule has 2 unspecified atom stereocenters. The molecule has 3 aromatic carbocycles. The first-order valence-electron chi connectivity index (χ1n) is 21.2. The number of carbonyl (C=O) groups excluding carboxylic acids is 3. The average molecular weight is 916 g/mol. The second-order valence-electron chi connectivity index (χ2n) is 15.7. The number of aromatic nitrogens is 2. The average Bonchev–Trinajstić information content (AvgIpc) is 3.67.